The molecule has 2 aromatic carbocycles. The fourth-order valence-corrected chi connectivity index (χ4v) is 2.75. The van der Waals surface area contributed by atoms with E-state index in [9.17, 15) is 4.79 Å². The predicted octanol–water partition coefficient (Wildman–Crippen LogP) is 4.46. The molecule has 7 heteroatoms. The number of aromatic amines is 1. The molecule has 3 aromatic rings. The van der Waals surface area contributed by atoms with Gasteiger partial charge in [0, 0.05) is 11.6 Å². The van der Waals surface area contributed by atoms with E-state index < -0.39 is 0 Å². The first-order valence-electron chi connectivity index (χ1n) is 10.0. The van der Waals surface area contributed by atoms with E-state index in [1.807, 2.05) is 55.5 Å². The molecule has 0 aliphatic carbocycles. The van der Waals surface area contributed by atoms with Crippen molar-refractivity contribution in [2.24, 2.45) is 5.10 Å². The zero-order valence-electron chi connectivity index (χ0n) is 17.2. The molecule has 0 aliphatic heterocycles. The Hall–Kier alpha value is -3.61. The number of hydrogen-bond acceptors (Lipinski definition) is 6. The number of benzene rings is 2. The highest BCUT2D eigenvalue weighted by atomic mass is 16.5. The number of rotatable bonds is 10. The van der Waals surface area contributed by atoms with Gasteiger partial charge in [0.15, 0.2) is 11.5 Å². The molecule has 156 valence electrons. The van der Waals surface area contributed by atoms with Crippen LogP contribution in [0.4, 0.5) is 5.95 Å². The fourth-order valence-electron chi connectivity index (χ4n) is 2.75. The molecule has 0 bridgehead atoms. The van der Waals surface area contributed by atoms with Gasteiger partial charge in [0.2, 0.25) is 5.95 Å². The lowest BCUT2D eigenvalue weighted by atomic mass is 10.1. The third-order valence-electron chi connectivity index (χ3n) is 4.22. The summed E-state index contributed by atoms with van der Waals surface area (Å²) in [5.74, 6) is 1.66. The molecule has 0 unspecified atom stereocenters. The minimum Gasteiger partial charge on any atom is -0.490 e. The van der Waals surface area contributed by atoms with E-state index in [-0.39, 0.29) is 11.5 Å². The summed E-state index contributed by atoms with van der Waals surface area (Å²) in [5.41, 5.74) is 4.79. The molecule has 2 N–H and O–H groups in total. The Bertz CT molecular complexity index is 1030. The fraction of sp³-hybridized carbons (Fsp3) is 0.261. The van der Waals surface area contributed by atoms with Crippen molar-refractivity contribution in [2.45, 2.75) is 26.7 Å². The first-order chi connectivity index (χ1) is 14.7. The molecule has 1 aromatic heterocycles. The normalized spacial score (nSPS) is 10.9. The number of nitrogens with zero attached hydrogens (tertiary/aromatic N) is 2. The molecule has 1 heterocycles. The Morgan fingerprint density at radius 3 is 2.67 bits per heavy atom. The van der Waals surface area contributed by atoms with Crippen molar-refractivity contribution in [1.82, 2.24) is 9.97 Å². The van der Waals surface area contributed by atoms with E-state index in [4.69, 9.17) is 9.47 Å². The van der Waals surface area contributed by atoms with Crippen LogP contribution in [0.3, 0.4) is 0 Å². The zero-order chi connectivity index (χ0) is 21.2. The number of aromatic nitrogens is 2. The highest BCUT2D eigenvalue weighted by molar-refractivity contribution is 5.81. The summed E-state index contributed by atoms with van der Waals surface area (Å²) in [7, 11) is 0. The van der Waals surface area contributed by atoms with Gasteiger partial charge in [0.25, 0.3) is 5.56 Å². The van der Waals surface area contributed by atoms with Gasteiger partial charge in [-0.2, -0.15) is 5.10 Å². The lowest BCUT2D eigenvalue weighted by Gasteiger charge is -2.12. The number of hydrogen-bond donors (Lipinski definition) is 2. The SMILES string of the molecule is CCCCOc1ccc(/C=N/Nc2nc(-c3ccccc3)cc(=O)[nH]2)cc1OCC. The molecular formula is C23H26N4O3. The summed E-state index contributed by atoms with van der Waals surface area (Å²) in [6, 6.07) is 16.6. The van der Waals surface area contributed by atoms with Crippen LogP contribution in [-0.4, -0.2) is 29.4 Å². The summed E-state index contributed by atoms with van der Waals surface area (Å²) < 4.78 is 11.5. The number of unbranched alkanes of at least 4 members (excludes halogenated alkanes) is 1. The van der Waals surface area contributed by atoms with E-state index in [1.54, 1.807) is 6.21 Å². The average molecular weight is 406 g/mol. The minimum atomic E-state index is -0.256. The topological polar surface area (TPSA) is 88.6 Å². The van der Waals surface area contributed by atoms with Crippen molar-refractivity contribution in [1.29, 1.82) is 0 Å². The van der Waals surface area contributed by atoms with Crippen molar-refractivity contribution in [3.05, 3.63) is 70.5 Å². The van der Waals surface area contributed by atoms with Crippen molar-refractivity contribution >= 4 is 12.2 Å². The maximum absolute atomic E-state index is 12.0. The van der Waals surface area contributed by atoms with Gasteiger partial charge in [0.05, 0.1) is 25.1 Å². The van der Waals surface area contributed by atoms with Crippen LogP contribution in [-0.2, 0) is 0 Å². The maximum atomic E-state index is 12.0. The summed E-state index contributed by atoms with van der Waals surface area (Å²) >= 11 is 0. The molecule has 7 nitrogen and oxygen atoms in total. The van der Waals surface area contributed by atoms with Crippen LogP contribution in [0.1, 0.15) is 32.3 Å². The first kappa shape index (κ1) is 21.1. The number of ether oxygens (including phenoxy) is 2. The van der Waals surface area contributed by atoms with Crippen molar-refractivity contribution in [2.75, 3.05) is 18.6 Å². The second-order valence-electron chi connectivity index (χ2n) is 6.56. The molecular weight excluding hydrogens is 380 g/mol. The molecule has 30 heavy (non-hydrogen) atoms. The molecule has 0 saturated carbocycles. The van der Waals surface area contributed by atoms with Gasteiger partial charge in [-0.25, -0.2) is 10.4 Å². The van der Waals surface area contributed by atoms with Crippen LogP contribution in [0.15, 0.2) is 64.5 Å². The largest absolute Gasteiger partial charge is 0.490 e. The van der Waals surface area contributed by atoms with Crippen LogP contribution < -0.4 is 20.5 Å². The Morgan fingerprint density at radius 2 is 1.90 bits per heavy atom. The summed E-state index contributed by atoms with van der Waals surface area (Å²) in [5, 5.41) is 4.19. The van der Waals surface area contributed by atoms with Gasteiger partial charge in [0.1, 0.15) is 0 Å². The van der Waals surface area contributed by atoms with Crippen molar-refractivity contribution < 1.29 is 9.47 Å². The molecule has 0 amide bonds. The highest BCUT2D eigenvalue weighted by Crippen LogP contribution is 2.28. The molecule has 0 fully saturated rings. The maximum Gasteiger partial charge on any atom is 0.252 e. The number of H-pyrrole nitrogens is 1. The predicted molar refractivity (Wildman–Crippen MR) is 120 cm³/mol. The third-order valence-corrected chi connectivity index (χ3v) is 4.22. The van der Waals surface area contributed by atoms with Crippen LogP contribution in [0.25, 0.3) is 11.3 Å². The monoisotopic (exact) mass is 406 g/mol. The van der Waals surface area contributed by atoms with Gasteiger partial charge < -0.3 is 9.47 Å². The zero-order valence-corrected chi connectivity index (χ0v) is 17.2. The van der Waals surface area contributed by atoms with Gasteiger partial charge >= 0.3 is 0 Å². The van der Waals surface area contributed by atoms with E-state index >= 15 is 0 Å². The summed E-state index contributed by atoms with van der Waals surface area (Å²) in [6.07, 6.45) is 3.70. The second-order valence-corrected chi connectivity index (χ2v) is 6.56. The average Bonchev–Trinajstić information content (AvgIpc) is 2.76. The lowest BCUT2D eigenvalue weighted by molar-refractivity contribution is 0.272. The number of nitrogens with one attached hydrogen (secondary N) is 2. The number of anilines is 1. The van der Waals surface area contributed by atoms with Crippen molar-refractivity contribution in [3.8, 4) is 22.8 Å². The molecule has 0 spiro atoms. The minimum absolute atomic E-state index is 0.256. The van der Waals surface area contributed by atoms with Gasteiger partial charge in [-0.1, -0.05) is 43.7 Å². The Kier molecular flexibility index (Phi) is 7.60. The standard InChI is InChI=1S/C23H26N4O3/c1-3-5-13-30-20-12-11-17(14-21(20)29-4-2)16-24-27-23-25-19(15-22(28)26-23)18-9-7-6-8-10-18/h6-12,14-16H,3-5,13H2,1-2H3,(H2,25,26,27,28)/b24-16+. The molecule has 0 atom stereocenters. The smallest absolute Gasteiger partial charge is 0.252 e. The molecule has 0 radical (unpaired) electrons. The Morgan fingerprint density at radius 1 is 1.07 bits per heavy atom. The quantitative estimate of drug-likeness (QED) is 0.295. The van der Waals surface area contributed by atoms with Gasteiger partial charge in [-0.3, -0.25) is 9.78 Å². The second kappa shape index (κ2) is 10.8. The van der Waals surface area contributed by atoms with Crippen LogP contribution in [0, 0.1) is 0 Å². The van der Waals surface area contributed by atoms with E-state index in [0.717, 1.165) is 29.7 Å². The molecule has 0 aliphatic rings. The summed E-state index contributed by atoms with van der Waals surface area (Å²) in [6.45, 7) is 5.25. The number of hydrazone groups is 1. The van der Waals surface area contributed by atoms with Crippen LogP contribution >= 0.6 is 0 Å². The van der Waals surface area contributed by atoms with E-state index in [2.05, 4.69) is 27.4 Å². The third kappa shape index (κ3) is 5.94. The van der Waals surface area contributed by atoms with Gasteiger partial charge in [-0.05, 0) is 37.1 Å². The van der Waals surface area contributed by atoms with Crippen molar-refractivity contribution in [3.63, 3.8) is 0 Å². The molecule has 3 rings (SSSR count). The van der Waals surface area contributed by atoms with E-state index in [0.29, 0.717) is 24.7 Å². The van der Waals surface area contributed by atoms with Gasteiger partial charge in [-0.15, -0.1) is 0 Å². The first-order valence-corrected chi connectivity index (χ1v) is 10.0. The Balaban J connectivity index is 1.72. The van der Waals surface area contributed by atoms with Crippen LogP contribution in [0.5, 0.6) is 11.5 Å². The lowest BCUT2D eigenvalue weighted by Crippen LogP contribution is -2.10. The highest BCUT2D eigenvalue weighted by Gasteiger charge is 2.06. The summed E-state index contributed by atoms with van der Waals surface area (Å²) in [4.78, 5) is 19.0. The van der Waals surface area contributed by atoms with Crippen LogP contribution in [0.2, 0.25) is 0 Å². The van der Waals surface area contributed by atoms with E-state index in [1.165, 1.54) is 6.07 Å². The molecule has 0 saturated heterocycles. The Labute approximate surface area is 175 Å².